The molecule has 0 aromatic heterocycles. The zero-order chi connectivity index (χ0) is 10.9. The zero-order valence-electron chi connectivity index (χ0n) is 8.37. The lowest BCUT2D eigenvalue weighted by Crippen LogP contribution is -2.56. The van der Waals surface area contributed by atoms with E-state index in [0.717, 1.165) is 0 Å². The van der Waals surface area contributed by atoms with Crippen molar-refractivity contribution in [2.75, 3.05) is 6.61 Å². The third-order valence-electron chi connectivity index (χ3n) is 2.73. The molecule has 5 heteroatoms. The lowest BCUT2D eigenvalue weighted by Gasteiger charge is -2.42. The van der Waals surface area contributed by atoms with Gasteiger partial charge in [0.1, 0.15) is 6.10 Å². The van der Waals surface area contributed by atoms with Gasteiger partial charge in [-0.1, -0.05) is 13.8 Å². The number of ether oxygens (including phenoxy) is 1. The second-order valence-corrected chi connectivity index (χ2v) is 4.05. The molecule has 1 fully saturated rings. The van der Waals surface area contributed by atoms with Gasteiger partial charge in [0, 0.05) is 5.92 Å². The van der Waals surface area contributed by atoms with E-state index in [2.05, 4.69) is 0 Å². The van der Waals surface area contributed by atoms with Crippen LogP contribution in [0.5, 0.6) is 0 Å². The summed E-state index contributed by atoms with van der Waals surface area (Å²) in [5, 5.41) is 37.3. The molecule has 0 amide bonds. The Hall–Kier alpha value is -0.200. The van der Waals surface area contributed by atoms with E-state index in [0.29, 0.717) is 0 Å². The van der Waals surface area contributed by atoms with Crippen molar-refractivity contribution >= 4 is 0 Å². The van der Waals surface area contributed by atoms with E-state index in [1.807, 2.05) is 13.8 Å². The van der Waals surface area contributed by atoms with Crippen LogP contribution < -0.4 is 0 Å². The molecule has 14 heavy (non-hydrogen) atoms. The van der Waals surface area contributed by atoms with Crippen molar-refractivity contribution in [3.05, 3.63) is 0 Å². The molecule has 1 rings (SSSR count). The van der Waals surface area contributed by atoms with Gasteiger partial charge in [0.25, 0.3) is 0 Å². The number of rotatable bonds is 2. The molecule has 1 aliphatic rings. The summed E-state index contributed by atoms with van der Waals surface area (Å²) >= 11 is 0. The summed E-state index contributed by atoms with van der Waals surface area (Å²) in [5.41, 5.74) is 0. The molecule has 1 aliphatic heterocycles. The van der Waals surface area contributed by atoms with Crippen LogP contribution in [0.25, 0.3) is 0 Å². The molecule has 5 nitrogen and oxygen atoms in total. The van der Waals surface area contributed by atoms with Gasteiger partial charge in [0.2, 0.25) is 0 Å². The lowest BCUT2D eigenvalue weighted by molar-refractivity contribution is -0.279. The summed E-state index contributed by atoms with van der Waals surface area (Å²) in [6.45, 7) is 3.46. The van der Waals surface area contributed by atoms with Crippen molar-refractivity contribution < 1.29 is 25.2 Å². The topological polar surface area (TPSA) is 90.2 Å². The monoisotopic (exact) mass is 206 g/mol. The first kappa shape index (κ1) is 11.9. The normalized spacial score (nSPS) is 44.4. The molecule has 5 atom stereocenters. The largest absolute Gasteiger partial charge is 0.394 e. The average molecular weight is 206 g/mol. The van der Waals surface area contributed by atoms with Crippen molar-refractivity contribution in [1.82, 2.24) is 0 Å². The maximum Gasteiger partial charge on any atom is 0.183 e. The average Bonchev–Trinajstić information content (AvgIpc) is 2.12. The number of aliphatic hydroxyl groups is 4. The fraction of sp³-hybridized carbons (Fsp3) is 1.00. The SMILES string of the molecule is CC(C)[C@@H]1[C@@H](O)[C@H](O)C(O)O[C@H]1CO. The predicted octanol–water partition coefficient (Wildman–Crippen LogP) is -1.31. The molecule has 0 aliphatic carbocycles. The Morgan fingerprint density at radius 2 is 1.71 bits per heavy atom. The van der Waals surface area contributed by atoms with Gasteiger partial charge in [0.05, 0.1) is 18.8 Å². The fourth-order valence-corrected chi connectivity index (χ4v) is 1.95. The van der Waals surface area contributed by atoms with Gasteiger partial charge in [-0.25, -0.2) is 0 Å². The van der Waals surface area contributed by atoms with E-state index in [-0.39, 0.29) is 18.4 Å². The molecule has 0 bridgehead atoms. The van der Waals surface area contributed by atoms with Crippen LogP contribution in [-0.4, -0.2) is 51.6 Å². The van der Waals surface area contributed by atoms with Gasteiger partial charge in [-0.2, -0.15) is 0 Å². The quantitative estimate of drug-likeness (QED) is 0.450. The van der Waals surface area contributed by atoms with E-state index < -0.39 is 24.6 Å². The number of hydrogen-bond acceptors (Lipinski definition) is 5. The summed E-state index contributed by atoms with van der Waals surface area (Å²) in [4.78, 5) is 0. The minimum Gasteiger partial charge on any atom is -0.394 e. The second-order valence-electron chi connectivity index (χ2n) is 4.05. The van der Waals surface area contributed by atoms with Crippen molar-refractivity contribution in [3.8, 4) is 0 Å². The van der Waals surface area contributed by atoms with Gasteiger partial charge in [0.15, 0.2) is 6.29 Å². The Morgan fingerprint density at radius 1 is 1.14 bits per heavy atom. The molecule has 84 valence electrons. The molecule has 1 saturated heterocycles. The summed E-state index contributed by atoms with van der Waals surface area (Å²) < 4.78 is 4.99. The molecular formula is C9H18O5. The van der Waals surface area contributed by atoms with E-state index in [4.69, 9.17) is 9.84 Å². The highest BCUT2D eigenvalue weighted by molar-refractivity contribution is 4.89. The fourth-order valence-electron chi connectivity index (χ4n) is 1.95. The van der Waals surface area contributed by atoms with Crippen molar-refractivity contribution in [3.63, 3.8) is 0 Å². The van der Waals surface area contributed by atoms with Crippen LogP contribution in [0.1, 0.15) is 13.8 Å². The molecule has 0 aromatic rings. The third kappa shape index (κ3) is 2.07. The maximum absolute atomic E-state index is 9.68. The smallest absolute Gasteiger partial charge is 0.183 e. The molecule has 0 aromatic carbocycles. The van der Waals surface area contributed by atoms with Crippen molar-refractivity contribution in [2.45, 2.75) is 38.4 Å². The maximum atomic E-state index is 9.68. The van der Waals surface area contributed by atoms with Gasteiger partial charge in [-0.3, -0.25) is 0 Å². The first-order valence-corrected chi connectivity index (χ1v) is 4.79. The van der Waals surface area contributed by atoms with Crippen LogP contribution in [0.3, 0.4) is 0 Å². The van der Waals surface area contributed by atoms with E-state index in [9.17, 15) is 15.3 Å². The Labute approximate surface area is 82.9 Å². The van der Waals surface area contributed by atoms with Crippen LogP contribution in [0.4, 0.5) is 0 Å². The standard InChI is InChI=1S/C9H18O5/c1-4(2)6-5(3-10)14-9(13)8(12)7(6)11/h4-13H,3H2,1-2H3/t5-,6-,7+,8-,9?/m0/s1. The van der Waals surface area contributed by atoms with Gasteiger partial charge >= 0.3 is 0 Å². The zero-order valence-corrected chi connectivity index (χ0v) is 8.37. The van der Waals surface area contributed by atoms with Crippen LogP contribution in [0.2, 0.25) is 0 Å². The summed E-state index contributed by atoms with van der Waals surface area (Å²) in [6, 6.07) is 0. The first-order valence-electron chi connectivity index (χ1n) is 4.79. The number of hydrogen-bond donors (Lipinski definition) is 4. The summed E-state index contributed by atoms with van der Waals surface area (Å²) in [6.07, 6.45) is -4.40. The van der Waals surface area contributed by atoms with Crippen molar-refractivity contribution in [1.29, 1.82) is 0 Å². The minimum atomic E-state index is -1.42. The second kappa shape index (κ2) is 4.55. The Bertz CT molecular complexity index is 182. The van der Waals surface area contributed by atoms with Crippen molar-refractivity contribution in [2.24, 2.45) is 11.8 Å². The third-order valence-corrected chi connectivity index (χ3v) is 2.73. The van der Waals surface area contributed by atoms with Crippen LogP contribution >= 0.6 is 0 Å². The Morgan fingerprint density at radius 3 is 2.14 bits per heavy atom. The molecule has 0 radical (unpaired) electrons. The minimum absolute atomic E-state index is 0.0595. The molecule has 0 saturated carbocycles. The summed E-state index contributed by atoms with van der Waals surface area (Å²) in [7, 11) is 0. The molecule has 0 spiro atoms. The highest BCUT2D eigenvalue weighted by Gasteiger charge is 2.44. The van der Waals surface area contributed by atoms with Gasteiger partial charge in [-0.15, -0.1) is 0 Å². The summed E-state index contributed by atoms with van der Waals surface area (Å²) in [5.74, 6) is -0.303. The Kier molecular flexibility index (Phi) is 3.86. The molecular weight excluding hydrogens is 188 g/mol. The molecule has 1 heterocycles. The highest BCUT2D eigenvalue weighted by atomic mass is 16.6. The van der Waals surface area contributed by atoms with Crippen LogP contribution in [0.15, 0.2) is 0 Å². The molecule has 4 N–H and O–H groups in total. The lowest BCUT2D eigenvalue weighted by atomic mass is 9.81. The predicted molar refractivity (Wildman–Crippen MR) is 48.3 cm³/mol. The van der Waals surface area contributed by atoms with E-state index >= 15 is 0 Å². The molecule has 1 unspecified atom stereocenters. The van der Waals surface area contributed by atoms with E-state index in [1.54, 1.807) is 0 Å². The van der Waals surface area contributed by atoms with Crippen LogP contribution in [0, 0.1) is 11.8 Å². The first-order chi connectivity index (χ1) is 6.49. The van der Waals surface area contributed by atoms with E-state index in [1.165, 1.54) is 0 Å². The van der Waals surface area contributed by atoms with Gasteiger partial charge in [-0.05, 0) is 5.92 Å². The van der Waals surface area contributed by atoms with Gasteiger partial charge < -0.3 is 25.2 Å². The highest BCUT2D eigenvalue weighted by Crippen LogP contribution is 2.30. The Balaban J connectivity index is 2.78. The number of aliphatic hydroxyl groups excluding tert-OH is 4. The van der Waals surface area contributed by atoms with Crippen LogP contribution in [-0.2, 0) is 4.74 Å².